The van der Waals surface area contributed by atoms with Crippen molar-refractivity contribution in [3.8, 4) is 0 Å². The summed E-state index contributed by atoms with van der Waals surface area (Å²) < 4.78 is 5.47. The number of hydrogen-bond donors (Lipinski definition) is 2. The summed E-state index contributed by atoms with van der Waals surface area (Å²) in [6.45, 7) is 9.48. The van der Waals surface area contributed by atoms with Crippen LogP contribution < -0.4 is 5.32 Å². The van der Waals surface area contributed by atoms with Gasteiger partial charge in [-0.3, -0.25) is 4.98 Å². The fourth-order valence-corrected chi connectivity index (χ4v) is 3.24. The van der Waals surface area contributed by atoms with E-state index in [1.165, 1.54) is 0 Å². The van der Waals surface area contributed by atoms with Crippen LogP contribution >= 0.6 is 0 Å². The highest BCUT2D eigenvalue weighted by molar-refractivity contribution is 5.68. The second-order valence-corrected chi connectivity index (χ2v) is 8.24. The van der Waals surface area contributed by atoms with Gasteiger partial charge in [0, 0.05) is 38.1 Å². The molecule has 0 spiro atoms. The third kappa shape index (κ3) is 6.92. The highest BCUT2D eigenvalue weighted by Crippen LogP contribution is 2.28. The molecule has 1 aromatic rings. The van der Waals surface area contributed by atoms with E-state index in [9.17, 15) is 9.90 Å². The molecule has 0 radical (unpaired) electrons. The first kappa shape index (κ1) is 20.6. The lowest BCUT2D eigenvalue weighted by atomic mass is 9.88. The van der Waals surface area contributed by atoms with E-state index in [4.69, 9.17) is 4.74 Å². The Bertz CT molecular complexity index is 549. The second-order valence-electron chi connectivity index (χ2n) is 8.24. The van der Waals surface area contributed by atoms with Gasteiger partial charge in [-0.1, -0.05) is 6.07 Å². The molecule has 0 saturated carbocycles. The summed E-state index contributed by atoms with van der Waals surface area (Å²) in [6.07, 6.45) is 5.96. The Morgan fingerprint density at radius 3 is 2.65 bits per heavy atom. The monoisotopic (exact) mass is 363 g/mol. The van der Waals surface area contributed by atoms with E-state index in [1.54, 1.807) is 13.1 Å². The van der Waals surface area contributed by atoms with Gasteiger partial charge in [0.05, 0.1) is 6.10 Å². The number of amides is 1. The lowest BCUT2D eigenvalue weighted by Crippen LogP contribution is -2.42. The van der Waals surface area contributed by atoms with Crippen LogP contribution in [0.2, 0.25) is 0 Å². The first-order valence-corrected chi connectivity index (χ1v) is 9.54. The summed E-state index contributed by atoms with van der Waals surface area (Å²) in [7, 11) is 0. The van der Waals surface area contributed by atoms with Crippen molar-refractivity contribution in [2.75, 3.05) is 19.6 Å². The first-order valence-electron chi connectivity index (χ1n) is 9.54. The lowest BCUT2D eigenvalue weighted by molar-refractivity contribution is 0.0177. The Balaban J connectivity index is 1.89. The first-order chi connectivity index (χ1) is 12.2. The van der Waals surface area contributed by atoms with E-state index in [-0.39, 0.29) is 18.2 Å². The lowest BCUT2D eigenvalue weighted by Gasteiger charge is -2.35. The molecule has 0 aromatic carbocycles. The molecule has 1 saturated heterocycles. The van der Waals surface area contributed by atoms with E-state index >= 15 is 0 Å². The molecule has 1 amide bonds. The van der Waals surface area contributed by atoms with Crippen LogP contribution in [0.15, 0.2) is 24.5 Å². The summed E-state index contributed by atoms with van der Waals surface area (Å²) in [6, 6.07) is 4.18. The largest absolute Gasteiger partial charge is 0.444 e. The third-order valence-corrected chi connectivity index (χ3v) is 4.58. The number of nitrogens with zero attached hydrogens (tertiary/aromatic N) is 2. The number of hydrogen-bond acceptors (Lipinski definition) is 5. The van der Waals surface area contributed by atoms with Crippen LogP contribution in [0.4, 0.5) is 4.79 Å². The Labute approximate surface area is 156 Å². The maximum Gasteiger partial charge on any atom is 0.410 e. The predicted molar refractivity (Wildman–Crippen MR) is 102 cm³/mol. The molecule has 1 fully saturated rings. The van der Waals surface area contributed by atoms with Crippen LogP contribution in [0.5, 0.6) is 0 Å². The van der Waals surface area contributed by atoms with Gasteiger partial charge in [-0.25, -0.2) is 4.79 Å². The Kier molecular flexibility index (Phi) is 7.41. The predicted octanol–water partition coefficient (Wildman–Crippen LogP) is 3.13. The SMILES string of the molecule is C[C@H](O)CNC(CC1CCN(C(=O)OC(C)(C)C)CC1)c1cccnc1. The zero-order valence-electron chi connectivity index (χ0n) is 16.4. The van der Waals surface area contributed by atoms with Crippen LogP contribution in [0.25, 0.3) is 0 Å². The number of rotatable bonds is 6. The Morgan fingerprint density at radius 1 is 1.42 bits per heavy atom. The molecule has 0 bridgehead atoms. The molecule has 146 valence electrons. The molecular formula is C20H33N3O3. The number of aliphatic hydroxyl groups is 1. The average Bonchev–Trinajstić information content (AvgIpc) is 2.58. The fraction of sp³-hybridized carbons (Fsp3) is 0.700. The molecule has 1 aliphatic rings. The van der Waals surface area contributed by atoms with Gasteiger partial charge in [-0.2, -0.15) is 0 Å². The van der Waals surface area contributed by atoms with Gasteiger partial charge in [0.2, 0.25) is 0 Å². The number of aromatic nitrogens is 1. The van der Waals surface area contributed by atoms with E-state index in [0.717, 1.165) is 37.9 Å². The van der Waals surface area contributed by atoms with Crippen molar-refractivity contribution in [2.45, 2.75) is 64.7 Å². The third-order valence-electron chi connectivity index (χ3n) is 4.58. The zero-order chi connectivity index (χ0) is 19.2. The number of carbonyl (C=O) groups is 1. The zero-order valence-corrected chi connectivity index (χ0v) is 16.4. The van der Waals surface area contributed by atoms with Crippen molar-refractivity contribution in [3.05, 3.63) is 30.1 Å². The Hall–Kier alpha value is -1.66. The van der Waals surface area contributed by atoms with Crippen molar-refractivity contribution in [1.82, 2.24) is 15.2 Å². The summed E-state index contributed by atoms with van der Waals surface area (Å²) in [5.74, 6) is 0.528. The number of aliphatic hydroxyl groups excluding tert-OH is 1. The number of nitrogens with one attached hydrogen (secondary N) is 1. The Morgan fingerprint density at radius 2 is 2.12 bits per heavy atom. The standard InChI is InChI=1S/C20H33N3O3/c1-15(24)13-22-18(17-6-5-9-21-14-17)12-16-7-10-23(11-8-16)19(25)26-20(2,3)4/h5-6,9,14-16,18,22,24H,7-8,10-13H2,1-4H3/t15-,18?/m0/s1. The summed E-state index contributed by atoms with van der Waals surface area (Å²) in [5.41, 5.74) is 0.687. The quantitative estimate of drug-likeness (QED) is 0.812. The molecule has 2 rings (SSSR count). The topological polar surface area (TPSA) is 74.7 Å². The molecule has 6 nitrogen and oxygen atoms in total. The molecule has 2 atom stereocenters. The highest BCUT2D eigenvalue weighted by atomic mass is 16.6. The molecule has 26 heavy (non-hydrogen) atoms. The van der Waals surface area contributed by atoms with E-state index in [1.807, 2.05) is 37.9 Å². The van der Waals surface area contributed by atoms with Crippen molar-refractivity contribution in [3.63, 3.8) is 0 Å². The van der Waals surface area contributed by atoms with Gasteiger partial charge < -0.3 is 20.1 Å². The molecule has 1 unspecified atom stereocenters. The van der Waals surface area contributed by atoms with Crippen LogP contribution in [-0.4, -0.2) is 52.4 Å². The molecule has 1 aliphatic heterocycles. The number of likely N-dealkylation sites (tertiary alicyclic amines) is 1. The number of ether oxygens (including phenoxy) is 1. The van der Waals surface area contributed by atoms with E-state index in [0.29, 0.717) is 12.5 Å². The molecule has 6 heteroatoms. The van der Waals surface area contributed by atoms with Gasteiger partial charge in [-0.05, 0) is 64.5 Å². The number of piperidine rings is 1. The molecule has 0 aliphatic carbocycles. The minimum atomic E-state index is -0.454. The van der Waals surface area contributed by atoms with Gasteiger partial charge in [-0.15, -0.1) is 0 Å². The van der Waals surface area contributed by atoms with E-state index in [2.05, 4.69) is 16.4 Å². The average molecular weight is 364 g/mol. The molecule has 2 N–H and O–H groups in total. The minimum Gasteiger partial charge on any atom is -0.444 e. The summed E-state index contributed by atoms with van der Waals surface area (Å²) >= 11 is 0. The van der Waals surface area contributed by atoms with Gasteiger partial charge >= 0.3 is 6.09 Å². The summed E-state index contributed by atoms with van der Waals surface area (Å²) in [5, 5.41) is 13.1. The highest BCUT2D eigenvalue weighted by Gasteiger charge is 2.28. The molecule has 2 heterocycles. The molecular weight excluding hydrogens is 330 g/mol. The summed E-state index contributed by atoms with van der Waals surface area (Å²) in [4.78, 5) is 18.2. The van der Waals surface area contributed by atoms with Crippen LogP contribution in [0.3, 0.4) is 0 Å². The number of pyridine rings is 1. The fourth-order valence-electron chi connectivity index (χ4n) is 3.24. The minimum absolute atomic E-state index is 0.163. The maximum atomic E-state index is 12.2. The second kappa shape index (κ2) is 9.33. The van der Waals surface area contributed by atoms with Crippen molar-refractivity contribution in [1.29, 1.82) is 0 Å². The normalized spacial score (nSPS) is 18.4. The molecule has 1 aromatic heterocycles. The van der Waals surface area contributed by atoms with Crippen LogP contribution in [0.1, 0.15) is 58.6 Å². The van der Waals surface area contributed by atoms with Crippen molar-refractivity contribution in [2.24, 2.45) is 5.92 Å². The van der Waals surface area contributed by atoms with Gasteiger partial charge in [0.15, 0.2) is 0 Å². The van der Waals surface area contributed by atoms with Crippen molar-refractivity contribution >= 4 is 6.09 Å². The van der Waals surface area contributed by atoms with E-state index < -0.39 is 5.60 Å². The van der Waals surface area contributed by atoms with Crippen LogP contribution in [0, 0.1) is 5.92 Å². The van der Waals surface area contributed by atoms with Gasteiger partial charge in [0.25, 0.3) is 0 Å². The number of carbonyl (C=O) groups excluding carboxylic acids is 1. The van der Waals surface area contributed by atoms with Crippen LogP contribution in [-0.2, 0) is 4.74 Å². The smallest absolute Gasteiger partial charge is 0.410 e. The maximum absolute atomic E-state index is 12.2. The van der Waals surface area contributed by atoms with Gasteiger partial charge in [0.1, 0.15) is 5.60 Å². The van der Waals surface area contributed by atoms with Crippen molar-refractivity contribution < 1.29 is 14.6 Å².